The minimum atomic E-state index is 0.523. The lowest BCUT2D eigenvalue weighted by Gasteiger charge is -2.08. The van der Waals surface area contributed by atoms with Gasteiger partial charge in [-0.05, 0) is 24.1 Å². The molecule has 0 spiro atoms. The molecule has 0 amide bonds. The first-order chi connectivity index (χ1) is 13.1. The van der Waals surface area contributed by atoms with Crippen LogP contribution in [0.2, 0.25) is 0 Å². The van der Waals surface area contributed by atoms with Crippen molar-refractivity contribution in [2.45, 2.75) is 26.7 Å². The van der Waals surface area contributed by atoms with Crippen LogP contribution in [-0.4, -0.2) is 34.3 Å². The number of anilines is 2. The highest BCUT2D eigenvalue weighted by Crippen LogP contribution is 2.21. The predicted molar refractivity (Wildman–Crippen MR) is 104 cm³/mol. The molecule has 27 heavy (non-hydrogen) atoms. The normalized spacial score (nSPS) is 12.4. The quantitative estimate of drug-likeness (QED) is 0.567. The number of fused-ring (bicyclic) bond motifs is 1. The number of hydrogen-bond donors (Lipinski definition) is 1. The van der Waals surface area contributed by atoms with Gasteiger partial charge in [0.15, 0.2) is 5.65 Å². The summed E-state index contributed by atoms with van der Waals surface area (Å²) in [5.41, 5.74) is 2.62. The number of pyridine rings is 1. The summed E-state index contributed by atoms with van der Waals surface area (Å²) in [6, 6.07) is 7.80. The third-order valence-corrected chi connectivity index (χ3v) is 4.72. The summed E-state index contributed by atoms with van der Waals surface area (Å²) in [5, 5.41) is 16.0. The molecule has 1 N–H and O–H groups in total. The van der Waals surface area contributed by atoms with Gasteiger partial charge < -0.3 is 5.32 Å². The molecule has 0 aliphatic heterocycles. The van der Waals surface area contributed by atoms with Gasteiger partial charge in [0.05, 0.1) is 11.9 Å². The molecular weight excluding hydrogens is 340 g/mol. The lowest BCUT2D eigenvalue weighted by Crippen LogP contribution is -2.03. The number of nitrogens with one attached hydrogen (secondary N) is 1. The molecule has 0 fully saturated rings. The van der Waals surface area contributed by atoms with Gasteiger partial charge in [-0.3, -0.25) is 9.08 Å². The molecule has 0 aliphatic rings. The first-order valence-corrected chi connectivity index (χ1v) is 9.06. The molecule has 0 aliphatic carbocycles. The zero-order chi connectivity index (χ0) is 18.8. The van der Waals surface area contributed by atoms with Crippen molar-refractivity contribution in [2.75, 3.05) is 5.32 Å². The van der Waals surface area contributed by atoms with Gasteiger partial charge in [0.1, 0.15) is 11.6 Å². The smallest absolute Gasteiger partial charge is 0.228 e. The predicted octanol–water partition coefficient (Wildman–Crippen LogP) is 3.25. The van der Waals surface area contributed by atoms with Gasteiger partial charge in [-0.1, -0.05) is 20.3 Å². The van der Waals surface area contributed by atoms with E-state index >= 15 is 0 Å². The van der Waals surface area contributed by atoms with E-state index in [1.807, 2.05) is 41.9 Å². The topological polar surface area (TPSA) is 85.8 Å². The van der Waals surface area contributed by atoms with E-state index in [9.17, 15) is 0 Å². The van der Waals surface area contributed by atoms with Crippen LogP contribution in [0.3, 0.4) is 0 Å². The summed E-state index contributed by atoms with van der Waals surface area (Å²) >= 11 is 0. The number of aromatic nitrogens is 7. The minimum Gasteiger partial charge on any atom is -0.309 e. The first-order valence-electron chi connectivity index (χ1n) is 9.06. The molecule has 138 valence electrons. The zero-order valence-electron chi connectivity index (χ0n) is 15.7. The Balaban J connectivity index is 1.62. The van der Waals surface area contributed by atoms with Gasteiger partial charge in [-0.15, -0.1) is 10.2 Å². The van der Waals surface area contributed by atoms with Crippen molar-refractivity contribution in [3.05, 3.63) is 48.7 Å². The SMILES string of the molecule is CC[C@@H](C)Cc1nnc2cc(-c3ccnc(Nc4ccnn4C)n3)ccn12. The van der Waals surface area contributed by atoms with Crippen LogP contribution in [0.5, 0.6) is 0 Å². The molecule has 0 radical (unpaired) electrons. The molecule has 4 aromatic rings. The highest BCUT2D eigenvalue weighted by Gasteiger charge is 2.11. The van der Waals surface area contributed by atoms with Crippen molar-refractivity contribution in [2.24, 2.45) is 13.0 Å². The van der Waals surface area contributed by atoms with Crippen LogP contribution in [0.15, 0.2) is 42.9 Å². The Morgan fingerprint density at radius 1 is 1.15 bits per heavy atom. The summed E-state index contributed by atoms with van der Waals surface area (Å²) in [4.78, 5) is 8.91. The molecule has 4 aromatic heterocycles. The van der Waals surface area contributed by atoms with E-state index in [4.69, 9.17) is 0 Å². The number of aryl methyl sites for hydroxylation is 1. The molecule has 4 rings (SSSR count). The molecule has 0 saturated carbocycles. The zero-order valence-corrected chi connectivity index (χ0v) is 15.7. The Labute approximate surface area is 157 Å². The maximum atomic E-state index is 4.61. The van der Waals surface area contributed by atoms with Gasteiger partial charge in [0.2, 0.25) is 5.95 Å². The van der Waals surface area contributed by atoms with Crippen molar-refractivity contribution in [1.29, 1.82) is 0 Å². The van der Waals surface area contributed by atoms with Gasteiger partial charge in [0, 0.05) is 37.5 Å². The molecule has 8 nitrogen and oxygen atoms in total. The van der Waals surface area contributed by atoms with Crippen LogP contribution in [0, 0.1) is 5.92 Å². The van der Waals surface area contributed by atoms with E-state index < -0.39 is 0 Å². The second-order valence-corrected chi connectivity index (χ2v) is 6.71. The second-order valence-electron chi connectivity index (χ2n) is 6.71. The number of rotatable bonds is 6. The minimum absolute atomic E-state index is 0.523. The Kier molecular flexibility index (Phi) is 4.53. The summed E-state index contributed by atoms with van der Waals surface area (Å²) in [6.07, 6.45) is 7.52. The van der Waals surface area contributed by atoms with Gasteiger partial charge >= 0.3 is 0 Å². The molecule has 0 aromatic carbocycles. The largest absolute Gasteiger partial charge is 0.309 e. The Morgan fingerprint density at radius 3 is 2.81 bits per heavy atom. The number of hydrogen-bond acceptors (Lipinski definition) is 6. The van der Waals surface area contributed by atoms with E-state index in [0.717, 1.165) is 41.4 Å². The fraction of sp³-hybridized carbons (Fsp3) is 0.316. The standard InChI is InChI=1S/C19H22N8/c1-4-13(2)11-17-24-25-18-12-14(7-10-27(17)18)15-5-8-20-19(22-15)23-16-6-9-21-26(16)3/h5-10,12-13H,4,11H2,1-3H3,(H,20,22,23)/t13-/m1/s1. The maximum Gasteiger partial charge on any atom is 0.228 e. The van der Waals surface area contributed by atoms with Crippen LogP contribution in [0.25, 0.3) is 16.9 Å². The fourth-order valence-electron chi connectivity index (χ4n) is 2.89. The summed E-state index contributed by atoms with van der Waals surface area (Å²) < 4.78 is 3.78. The highest BCUT2D eigenvalue weighted by atomic mass is 15.3. The fourth-order valence-corrected chi connectivity index (χ4v) is 2.89. The van der Waals surface area contributed by atoms with Crippen LogP contribution < -0.4 is 5.32 Å². The lowest BCUT2D eigenvalue weighted by molar-refractivity contribution is 0.540. The van der Waals surface area contributed by atoms with Crippen LogP contribution in [0.1, 0.15) is 26.1 Å². The van der Waals surface area contributed by atoms with Crippen molar-refractivity contribution >= 4 is 17.4 Å². The monoisotopic (exact) mass is 362 g/mol. The van der Waals surface area contributed by atoms with Crippen LogP contribution in [-0.2, 0) is 13.5 Å². The van der Waals surface area contributed by atoms with Crippen molar-refractivity contribution in [3.8, 4) is 11.3 Å². The summed E-state index contributed by atoms with van der Waals surface area (Å²) in [7, 11) is 1.86. The van der Waals surface area contributed by atoms with Crippen molar-refractivity contribution in [1.82, 2.24) is 34.3 Å². The third kappa shape index (κ3) is 3.51. The molecule has 8 heteroatoms. The van der Waals surface area contributed by atoms with Gasteiger partial charge in [-0.2, -0.15) is 5.10 Å². The molecule has 0 saturated heterocycles. The van der Waals surface area contributed by atoms with E-state index in [0.29, 0.717) is 11.9 Å². The van der Waals surface area contributed by atoms with E-state index in [-0.39, 0.29) is 0 Å². The summed E-state index contributed by atoms with van der Waals surface area (Å²) in [6.45, 7) is 4.42. The van der Waals surface area contributed by atoms with E-state index in [1.165, 1.54) is 0 Å². The van der Waals surface area contributed by atoms with Crippen LogP contribution >= 0.6 is 0 Å². The molecule has 4 heterocycles. The van der Waals surface area contributed by atoms with Crippen LogP contribution in [0.4, 0.5) is 11.8 Å². The van der Waals surface area contributed by atoms with E-state index in [1.54, 1.807) is 17.1 Å². The Morgan fingerprint density at radius 2 is 2.04 bits per heavy atom. The van der Waals surface area contributed by atoms with E-state index in [2.05, 4.69) is 44.4 Å². The molecular formula is C19H22N8. The molecule has 0 unspecified atom stereocenters. The maximum absolute atomic E-state index is 4.61. The average molecular weight is 362 g/mol. The second kappa shape index (κ2) is 7.14. The first kappa shape index (κ1) is 17.1. The highest BCUT2D eigenvalue weighted by molar-refractivity contribution is 5.65. The number of nitrogens with zero attached hydrogens (tertiary/aromatic N) is 7. The van der Waals surface area contributed by atoms with Crippen molar-refractivity contribution < 1.29 is 0 Å². The Hall–Kier alpha value is -3.29. The third-order valence-electron chi connectivity index (χ3n) is 4.72. The lowest BCUT2D eigenvalue weighted by atomic mass is 10.1. The van der Waals surface area contributed by atoms with Crippen molar-refractivity contribution in [3.63, 3.8) is 0 Å². The van der Waals surface area contributed by atoms with Gasteiger partial charge in [0.25, 0.3) is 0 Å². The Bertz CT molecular complexity index is 1060. The molecule has 1 atom stereocenters. The average Bonchev–Trinajstić information content (AvgIpc) is 3.28. The molecule has 0 bridgehead atoms. The van der Waals surface area contributed by atoms with Gasteiger partial charge in [-0.25, -0.2) is 9.97 Å². The summed E-state index contributed by atoms with van der Waals surface area (Å²) in [5.74, 6) is 2.93.